The molecule has 9 nitrogen and oxygen atoms in total. The molecule has 3 heterocycles. The Balaban J connectivity index is 1.40. The minimum absolute atomic E-state index is 0.111. The van der Waals surface area contributed by atoms with Crippen LogP contribution < -0.4 is 5.01 Å². The molecule has 0 atom stereocenters. The number of hydrogen-bond acceptors (Lipinski definition) is 6. The summed E-state index contributed by atoms with van der Waals surface area (Å²) in [6.45, 7) is 5.27. The van der Waals surface area contributed by atoms with Crippen LogP contribution in [0.4, 0.5) is 5.69 Å². The molecule has 0 aliphatic carbocycles. The molecule has 36 heavy (non-hydrogen) atoms. The van der Waals surface area contributed by atoms with Crippen molar-refractivity contribution in [1.82, 2.24) is 4.90 Å². The van der Waals surface area contributed by atoms with Crippen molar-refractivity contribution in [3.8, 4) is 11.3 Å². The Morgan fingerprint density at radius 2 is 1.64 bits per heavy atom. The highest BCUT2D eigenvalue weighted by atomic mass is 16.4. The van der Waals surface area contributed by atoms with Gasteiger partial charge in [0, 0.05) is 11.6 Å². The van der Waals surface area contributed by atoms with Crippen LogP contribution in [0.1, 0.15) is 57.6 Å². The van der Waals surface area contributed by atoms with Crippen molar-refractivity contribution in [2.24, 2.45) is 5.10 Å². The number of furan rings is 1. The van der Waals surface area contributed by atoms with Gasteiger partial charge in [-0.25, -0.2) is 4.79 Å². The van der Waals surface area contributed by atoms with Gasteiger partial charge in [-0.15, -0.1) is 0 Å². The maximum atomic E-state index is 13.0. The monoisotopic (exact) mass is 483 g/mol. The molecule has 2 aromatic carbocycles. The van der Waals surface area contributed by atoms with E-state index in [0.29, 0.717) is 45.2 Å². The average molecular weight is 483 g/mol. The molecule has 2 aliphatic rings. The van der Waals surface area contributed by atoms with E-state index in [1.54, 1.807) is 57.2 Å². The Morgan fingerprint density at radius 3 is 2.31 bits per heavy atom. The van der Waals surface area contributed by atoms with Crippen molar-refractivity contribution in [2.45, 2.75) is 26.8 Å². The first-order chi connectivity index (χ1) is 17.2. The molecular formula is C27H21N3O6. The molecular weight excluding hydrogens is 462 g/mol. The number of carbonyl (C=O) groups excluding carboxylic acids is 3. The fourth-order valence-corrected chi connectivity index (χ4v) is 4.21. The van der Waals surface area contributed by atoms with Crippen LogP contribution in [0.2, 0.25) is 0 Å². The number of carbonyl (C=O) groups is 4. The number of anilines is 1. The number of fused-ring (bicyclic) bond motifs is 1. The number of rotatable bonds is 5. The first-order valence-electron chi connectivity index (χ1n) is 11.2. The zero-order valence-electron chi connectivity index (χ0n) is 19.7. The van der Waals surface area contributed by atoms with E-state index in [1.807, 2.05) is 0 Å². The number of benzene rings is 2. The van der Waals surface area contributed by atoms with E-state index in [-0.39, 0.29) is 29.3 Å². The van der Waals surface area contributed by atoms with Crippen molar-refractivity contribution in [3.05, 3.63) is 82.6 Å². The minimum Gasteiger partial charge on any atom is -0.478 e. The number of carboxylic acids is 1. The fraction of sp³-hybridized carbons (Fsp3) is 0.148. The lowest BCUT2D eigenvalue weighted by molar-refractivity contribution is -0.114. The lowest BCUT2D eigenvalue weighted by Crippen LogP contribution is -2.35. The van der Waals surface area contributed by atoms with Gasteiger partial charge in [0.2, 0.25) is 0 Å². The molecule has 2 aliphatic heterocycles. The molecule has 1 N–H and O–H groups in total. The Morgan fingerprint density at radius 1 is 0.944 bits per heavy atom. The summed E-state index contributed by atoms with van der Waals surface area (Å²) in [7, 11) is 0. The van der Waals surface area contributed by atoms with Gasteiger partial charge in [0.1, 0.15) is 11.5 Å². The third-order valence-corrected chi connectivity index (χ3v) is 6.05. The summed E-state index contributed by atoms with van der Waals surface area (Å²) >= 11 is 0. The third-order valence-electron chi connectivity index (χ3n) is 6.05. The topological polar surface area (TPSA) is 120 Å². The Bertz CT molecular complexity index is 1510. The number of carboxylic acid groups (broad SMARTS) is 1. The maximum Gasteiger partial charge on any atom is 0.335 e. The molecule has 3 amide bonds. The summed E-state index contributed by atoms with van der Waals surface area (Å²) in [5.41, 5.74) is 2.71. The molecule has 0 bridgehead atoms. The van der Waals surface area contributed by atoms with Gasteiger partial charge in [-0.2, -0.15) is 10.1 Å². The summed E-state index contributed by atoms with van der Waals surface area (Å²) in [5.74, 6) is -1.17. The Labute approximate surface area is 205 Å². The predicted molar refractivity (Wildman–Crippen MR) is 132 cm³/mol. The SMILES string of the molecule is CC1=NN(c2ccc(C(=O)O)cc2)C(=O)/C1=C\c1ccc(-c2ccc3c(c2)C(=O)N(C(C)C)C3=O)o1. The average Bonchev–Trinajstić information content (AvgIpc) is 3.50. The molecule has 0 saturated carbocycles. The normalized spacial score (nSPS) is 16.4. The second-order valence-corrected chi connectivity index (χ2v) is 8.75. The molecule has 0 spiro atoms. The highest BCUT2D eigenvalue weighted by molar-refractivity contribution is 6.32. The summed E-state index contributed by atoms with van der Waals surface area (Å²) in [6.07, 6.45) is 1.58. The van der Waals surface area contributed by atoms with Gasteiger partial charge in [0.15, 0.2) is 0 Å². The molecule has 0 saturated heterocycles. The summed E-state index contributed by atoms with van der Waals surface area (Å²) < 4.78 is 5.93. The van der Waals surface area contributed by atoms with Crippen LogP contribution in [0.5, 0.6) is 0 Å². The van der Waals surface area contributed by atoms with Crippen LogP contribution in [-0.2, 0) is 4.79 Å². The van der Waals surface area contributed by atoms with Crippen LogP contribution in [0.25, 0.3) is 17.4 Å². The molecule has 9 heteroatoms. The highest BCUT2D eigenvalue weighted by Crippen LogP contribution is 2.32. The van der Waals surface area contributed by atoms with Crippen LogP contribution in [-0.4, -0.2) is 45.5 Å². The van der Waals surface area contributed by atoms with E-state index in [1.165, 1.54) is 34.2 Å². The van der Waals surface area contributed by atoms with E-state index >= 15 is 0 Å². The first kappa shape index (κ1) is 23.0. The van der Waals surface area contributed by atoms with Crippen molar-refractivity contribution in [3.63, 3.8) is 0 Å². The van der Waals surface area contributed by atoms with E-state index in [2.05, 4.69) is 5.10 Å². The summed E-state index contributed by atoms with van der Waals surface area (Å²) in [5, 5.41) is 14.6. The lowest BCUT2D eigenvalue weighted by atomic mass is 10.0. The molecule has 1 aromatic heterocycles. The van der Waals surface area contributed by atoms with Crippen molar-refractivity contribution in [1.29, 1.82) is 0 Å². The van der Waals surface area contributed by atoms with Gasteiger partial charge in [0.25, 0.3) is 17.7 Å². The number of aromatic carboxylic acids is 1. The zero-order chi connectivity index (χ0) is 25.7. The largest absolute Gasteiger partial charge is 0.478 e. The van der Waals surface area contributed by atoms with Crippen LogP contribution >= 0.6 is 0 Å². The van der Waals surface area contributed by atoms with Gasteiger partial charge in [-0.05, 0) is 75.4 Å². The Hall–Kier alpha value is -4.79. The molecule has 5 rings (SSSR count). The maximum absolute atomic E-state index is 13.0. The number of imide groups is 1. The van der Waals surface area contributed by atoms with E-state index in [9.17, 15) is 19.2 Å². The lowest BCUT2D eigenvalue weighted by Gasteiger charge is -2.17. The molecule has 180 valence electrons. The third kappa shape index (κ3) is 3.70. The van der Waals surface area contributed by atoms with Gasteiger partial charge in [-0.1, -0.05) is 6.07 Å². The smallest absolute Gasteiger partial charge is 0.335 e. The highest BCUT2D eigenvalue weighted by Gasteiger charge is 2.37. The molecule has 3 aromatic rings. The van der Waals surface area contributed by atoms with Crippen LogP contribution in [0.3, 0.4) is 0 Å². The quantitative estimate of drug-likeness (QED) is 0.423. The van der Waals surface area contributed by atoms with Crippen molar-refractivity contribution >= 4 is 41.2 Å². The van der Waals surface area contributed by atoms with Crippen molar-refractivity contribution in [2.75, 3.05) is 5.01 Å². The van der Waals surface area contributed by atoms with Gasteiger partial charge in [0.05, 0.1) is 33.7 Å². The van der Waals surface area contributed by atoms with Gasteiger partial charge in [-0.3, -0.25) is 19.3 Å². The number of nitrogens with zero attached hydrogens (tertiary/aromatic N) is 3. The zero-order valence-corrected chi connectivity index (χ0v) is 19.7. The van der Waals surface area contributed by atoms with Crippen LogP contribution in [0.15, 0.2) is 69.7 Å². The standard InChI is InChI=1S/C27H21N3O6/c1-14(2)29-24(31)20-10-6-17(12-22(20)25(29)32)23-11-9-19(36-23)13-21-15(3)28-30(26(21)33)18-7-4-16(5-8-18)27(34)35/h4-14H,1-3H3,(H,34,35)/b21-13-. The van der Waals surface area contributed by atoms with Crippen molar-refractivity contribution < 1.29 is 28.7 Å². The fourth-order valence-electron chi connectivity index (χ4n) is 4.21. The summed E-state index contributed by atoms with van der Waals surface area (Å²) in [6, 6.07) is 14.0. The van der Waals surface area contributed by atoms with Gasteiger partial charge >= 0.3 is 5.97 Å². The molecule has 0 radical (unpaired) electrons. The Kier molecular flexibility index (Phi) is 5.40. The van der Waals surface area contributed by atoms with E-state index in [0.717, 1.165) is 0 Å². The molecule has 0 fully saturated rings. The second-order valence-electron chi connectivity index (χ2n) is 8.75. The first-order valence-corrected chi connectivity index (χ1v) is 11.2. The minimum atomic E-state index is -1.06. The van der Waals surface area contributed by atoms with Gasteiger partial charge < -0.3 is 9.52 Å². The number of hydrazone groups is 1. The second kappa shape index (κ2) is 8.46. The number of hydrogen-bond donors (Lipinski definition) is 1. The predicted octanol–water partition coefficient (Wildman–Crippen LogP) is 4.46. The van der Waals surface area contributed by atoms with E-state index in [4.69, 9.17) is 9.52 Å². The van der Waals surface area contributed by atoms with Crippen LogP contribution in [0, 0.1) is 0 Å². The summed E-state index contributed by atoms with van der Waals surface area (Å²) in [4.78, 5) is 50.6. The number of amides is 3. The molecule has 0 unspecified atom stereocenters. The van der Waals surface area contributed by atoms with E-state index < -0.39 is 5.97 Å².